The molecule has 17 heavy (non-hydrogen) atoms. The number of anilines is 1. The van der Waals surface area contributed by atoms with E-state index in [4.69, 9.17) is 0 Å². The van der Waals surface area contributed by atoms with Crippen molar-refractivity contribution < 1.29 is 9.18 Å². The highest BCUT2D eigenvalue weighted by molar-refractivity contribution is 5.89. The van der Waals surface area contributed by atoms with E-state index in [0.717, 1.165) is 0 Å². The monoisotopic (exact) mass is 236 g/mol. The minimum atomic E-state index is -0.462. The standard InChI is InChI=1S/C13H17FN2O/c1-13(2,3)8-9-15-12(17)16-11-7-5-4-6-10(11)14/h4-9H,1-3H3,(H2,15,16,17)/b9-8+. The number of hydrogen-bond acceptors (Lipinski definition) is 1. The molecule has 3 nitrogen and oxygen atoms in total. The smallest absolute Gasteiger partial charge is 0.315 e. The maximum atomic E-state index is 13.2. The van der Waals surface area contributed by atoms with Crippen LogP contribution in [0.5, 0.6) is 0 Å². The first-order valence-electron chi connectivity index (χ1n) is 5.38. The van der Waals surface area contributed by atoms with Crippen molar-refractivity contribution in [2.75, 3.05) is 5.32 Å². The molecule has 0 unspecified atom stereocenters. The Kier molecular flexibility index (Phi) is 4.26. The lowest BCUT2D eigenvalue weighted by Gasteiger charge is -2.11. The number of halogens is 1. The van der Waals surface area contributed by atoms with Crippen LogP contribution in [0, 0.1) is 11.2 Å². The largest absolute Gasteiger partial charge is 0.323 e. The van der Waals surface area contributed by atoms with Crippen LogP contribution in [0.1, 0.15) is 20.8 Å². The fourth-order valence-corrected chi connectivity index (χ4v) is 1.09. The summed E-state index contributed by atoms with van der Waals surface area (Å²) in [6.07, 6.45) is 3.41. The molecule has 0 aliphatic carbocycles. The SMILES string of the molecule is CC(C)(C)/C=C/NC(=O)Nc1ccccc1F. The molecule has 0 fully saturated rings. The lowest BCUT2D eigenvalue weighted by molar-refractivity contribution is 0.255. The van der Waals surface area contributed by atoms with Crippen LogP contribution in [0.2, 0.25) is 0 Å². The molecule has 0 atom stereocenters. The Morgan fingerprint density at radius 3 is 2.53 bits per heavy atom. The summed E-state index contributed by atoms with van der Waals surface area (Å²) in [5, 5.41) is 4.94. The van der Waals surface area contributed by atoms with Crippen LogP contribution < -0.4 is 10.6 Å². The highest BCUT2D eigenvalue weighted by Gasteiger charge is 2.06. The molecular formula is C13H17FN2O. The van der Waals surface area contributed by atoms with Gasteiger partial charge in [-0.15, -0.1) is 0 Å². The summed E-state index contributed by atoms with van der Waals surface area (Å²) in [5.74, 6) is -0.456. The molecule has 0 aromatic heterocycles. The molecule has 1 aromatic rings. The fourth-order valence-electron chi connectivity index (χ4n) is 1.09. The highest BCUT2D eigenvalue weighted by atomic mass is 19.1. The van der Waals surface area contributed by atoms with Gasteiger partial charge in [-0.25, -0.2) is 9.18 Å². The topological polar surface area (TPSA) is 41.1 Å². The molecule has 0 aliphatic rings. The molecular weight excluding hydrogens is 219 g/mol. The van der Waals surface area contributed by atoms with E-state index in [2.05, 4.69) is 10.6 Å². The van der Waals surface area contributed by atoms with Gasteiger partial charge >= 0.3 is 6.03 Å². The van der Waals surface area contributed by atoms with E-state index < -0.39 is 11.8 Å². The normalized spacial score (nSPS) is 11.5. The zero-order valence-electron chi connectivity index (χ0n) is 10.3. The third kappa shape index (κ3) is 5.15. The van der Waals surface area contributed by atoms with E-state index in [1.807, 2.05) is 26.8 Å². The summed E-state index contributed by atoms with van der Waals surface area (Å²) in [4.78, 5) is 11.4. The van der Waals surface area contributed by atoms with Crippen molar-refractivity contribution in [2.24, 2.45) is 5.41 Å². The number of urea groups is 1. The molecule has 4 heteroatoms. The van der Waals surface area contributed by atoms with E-state index in [9.17, 15) is 9.18 Å². The maximum absolute atomic E-state index is 13.2. The molecule has 0 heterocycles. The van der Waals surface area contributed by atoms with Crippen LogP contribution in [0.25, 0.3) is 0 Å². The van der Waals surface area contributed by atoms with Gasteiger partial charge in [0, 0.05) is 6.20 Å². The summed E-state index contributed by atoms with van der Waals surface area (Å²) >= 11 is 0. The van der Waals surface area contributed by atoms with Crippen molar-refractivity contribution in [2.45, 2.75) is 20.8 Å². The predicted octanol–water partition coefficient (Wildman–Crippen LogP) is 3.51. The molecule has 0 aliphatic heterocycles. The number of para-hydroxylation sites is 1. The van der Waals surface area contributed by atoms with Crippen LogP contribution in [-0.2, 0) is 0 Å². The molecule has 2 N–H and O–H groups in total. The van der Waals surface area contributed by atoms with Gasteiger partial charge in [0.05, 0.1) is 5.69 Å². The number of nitrogens with one attached hydrogen (secondary N) is 2. The lowest BCUT2D eigenvalue weighted by atomic mass is 9.97. The molecule has 92 valence electrons. The summed E-state index contributed by atoms with van der Waals surface area (Å²) in [6.45, 7) is 6.04. The van der Waals surface area contributed by atoms with Crippen molar-refractivity contribution in [3.8, 4) is 0 Å². The first kappa shape index (κ1) is 13.2. The van der Waals surface area contributed by atoms with Crippen LogP contribution in [0.3, 0.4) is 0 Å². The number of benzene rings is 1. The predicted molar refractivity (Wildman–Crippen MR) is 67.1 cm³/mol. The van der Waals surface area contributed by atoms with Crippen molar-refractivity contribution in [3.63, 3.8) is 0 Å². The number of rotatable bonds is 2. The van der Waals surface area contributed by atoms with Gasteiger partial charge in [0.1, 0.15) is 5.82 Å². The second kappa shape index (κ2) is 5.48. The average molecular weight is 236 g/mol. The summed E-state index contributed by atoms with van der Waals surface area (Å²) in [6, 6.07) is 5.56. The third-order valence-corrected chi connectivity index (χ3v) is 1.92. The summed E-state index contributed by atoms with van der Waals surface area (Å²) in [5.41, 5.74) is 0.153. The van der Waals surface area contributed by atoms with Gasteiger partial charge in [0.2, 0.25) is 0 Å². The Hall–Kier alpha value is -1.84. The molecule has 2 amide bonds. The van der Waals surface area contributed by atoms with E-state index in [1.54, 1.807) is 18.3 Å². The first-order valence-corrected chi connectivity index (χ1v) is 5.38. The summed E-state index contributed by atoms with van der Waals surface area (Å²) in [7, 11) is 0. The van der Waals surface area contributed by atoms with Gasteiger partial charge in [-0.1, -0.05) is 39.0 Å². The molecule has 1 rings (SSSR count). The Morgan fingerprint density at radius 2 is 1.94 bits per heavy atom. The van der Waals surface area contributed by atoms with Gasteiger partial charge in [-0.3, -0.25) is 0 Å². The van der Waals surface area contributed by atoms with Crippen molar-refractivity contribution in [1.29, 1.82) is 0 Å². The second-order valence-corrected chi connectivity index (χ2v) is 4.78. The number of carbonyl (C=O) groups is 1. The quantitative estimate of drug-likeness (QED) is 0.810. The van der Waals surface area contributed by atoms with E-state index in [1.165, 1.54) is 12.1 Å². The van der Waals surface area contributed by atoms with Crippen LogP contribution in [0.15, 0.2) is 36.5 Å². The molecule has 0 bridgehead atoms. The van der Waals surface area contributed by atoms with Gasteiger partial charge in [0.25, 0.3) is 0 Å². The maximum Gasteiger partial charge on any atom is 0.323 e. The molecule has 0 radical (unpaired) electrons. The number of allylic oxidation sites excluding steroid dienone is 1. The van der Waals surface area contributed by atoms with Crippen molar-refractivity contribution in [1.82, 2.24) is 5.32 Å². The van der Waals surface area contributed by atoms with Gasteiger partial charge in [0.15, 0.2) is 0 Å². The zero-order valence-corrected chi connectivity index (χ0v) is 10.3. The second-order valence-electron chi connectivity index (χ2n) is 4.78. The van der Waals surface area contributed by atoms with Crippen LogP contribution >= 0.6 is 0 Å². The molecule has 0 saturated heterocycles. The van der Waals surface area contributed by atoms with E-state index in [-0.39, 0.29) is 11.1 Å². The Labute approximate surface area is 101 Å². The van der Waals surface area contributed by atoms with Crippen LogP contribution in [0.4, 0.5) is 14.9 Å². The number of carbonyl (C=O) groups excluding carboxylic acids is 1. The van der Waals surface area contributed by atoms with Gasteiger partial charge < -0.3 is 10.6 Å². The van der Waals surface area contributed by atoms with Crippen molar-refractivity contribution in [3.05, 3.63) is 42.4 Å². The minimum absolute atomic E-state index is 0.00865. The van der Waals surface area contributed by atoms with E-state index >= 15 is 0 Å². The average Bonchev–Trinajstić information content (AvgIpc) is 2.19. The molecule has 1 aromatic carbocycles. The number of amides is 2. The highest BCUT2D eigenvalue weighted by Crippen LogP contribution is 2.14. The van der Waals surface area contributed by atoms with Gasteiger partial charge in [-0.2, -0.15) is 0 Å². The fraction of sp³-hybridized carbons (Fsp3) is 0.308. The molecule has 0 spiro atoms. The Balaban J connectivity index is 2.51. The third-order valence-electron chi connectivity index (χ3n) is 1.92. The summed E-state index contributed by atoms with van der Waals surface area (Å²) < 4.78 is 13.2. The first-order chi connectivity index (χ1) is 7.88. The zero-order chi connectivity index (χ0) is 12.9. The number of hydrogen-bond donors (Lipinski definition) is 2. The van der Waals surface area contributed by atoms with Crippen LogP contribution in [-0.4, -0.2) is 6.03 Å². The Bertz CT molecular complexity index is 422. The molecule has 0 saturated carbocycles. The lowest BCUT2D eigenvalue weighted by Crippen LogP contribution is -2.24. The Morgan fingerprint density at radius 1 is 1.29 bits per heavy atom. The van der Waals surface area contributed by atoms with Gasteiger partial charge in [-0.05, 0) is 17.5 Å². The minimum Gasteiger partial charge on any atom is -0.315 e. The van der Waals surface area contributed by atoms with E-state index in [0.29, 0.717) is 0 Å². The van der Waals surface area contributed by atoms with Crippen molar-refractivity contribution >= 4 is 11.7 Å².